The van der Waals surface area contributed by atoms with E-state index in [1.165, 1.54) is 18.2 Å². The van der Waals surface area contributed by atoms with Crippen molar-refractivity contribution in [3.05, 3.63) is 58.6 Å². The summed E-state index contributed by atoms with van der Waals surface area (Å²) in [5.41, 5.74) is 0.287. The second-order valence-electron chi connectivity index (χ2n) is 5.33. The molecule has 0 saturated carbocycles. The number of anilines is 1. The predicted octanol–water partition coefficient (Wildman–Crippen LogP) is 2.13. The number of carbonyl (C=O) groups is 2. The maximum absolute atomic E-state index is 11.9. The third-order valence-corrected chi connectivity index (χ3v) is 3.30. The first-order valence-electron chi connectivity index (χ1n) is 8.15. The normalized spacial score (nSPS) is 9.96. The Balaban J connectivity index is 1.84. The molecule has 0 spiro atoms. The summed E-state index contributed by atoms with van der Waals surface area (Å²) in [6.45, 7) is 1.87. The molecule has 0 fully saturated rings. The minimum absolute atomic E-state index is 0.0201. The number of amides is 2. The maximum atomic E-state index is 11.9. The lowest BCUT2D eigenvalue weighted by Gasteiger charge is -2.09. The van der Waals surface area contributed by atoms with E-state index >= 15 is 0 Å². The van der Waals surface area contributed by atoms with Gasteiger partial charge in [0.1, 0.15) is 5.75 Å². The lowest BCUT2D eigenvalue weighted by atomic mass is 10.3. The summed E-state index contributed by atoms with van der Waals surface area (Å²) < 4.78 is 10.5. The number of hydrogen-bond donors (Lipinski definition) is 2. The quantitative estimate of drug-likeness (QED) is 0.513. The Bertz CT molecular complexity index is 807. The molecular formula is C18H19N3O6. The molecule has 9 nitrogen and oxygen atoms in total. The zero-order valence-electron chi connectivity index (χ0n) is 14.6. The first-order chi connectivity index (χ1) is 13.0. The van der Waals surface area contributed by atoms with Gasteiger partial charge in [-0.05, 0) is 37.3 Å². The third-order valence-electron chi connectivity index (χ3n) is 3.30. The van der Waals surface area contributed by atoms with Gasteiger partial charge in [-0.25, -0.2) is 0 Å². The van der Waals surface area contributed by atoms with Crippen molar-refractivity contribution >= 4 is 23.2 Å². The van der Waals surface area contributed by atoms with Crippen LogP contribution < -0.4 is 20.1 Å². The van der Waals surface area contributed by atoms with Crippen molar-refractivity contribution in [1.82, 2.24) is 5.32 Å². The number of benzene rings is 2. The van der Waals surface area contributed by atoms with Crippen LogP contribution in [0.4, 0.5) is 11.4 Å². The molecule has 0 bridgehead atoms. The van der Waals surface area contributed by atoms with Crippen LogP contribution in [0.5, 0.6) is 11.5 Å². The standard InChI is InChI=1S/C18H19N3O6/c1-2-19-17(22)11-26-14-9-7-13(8-10-14)20-18(23)12-27-16-6-4-3-5-15(16)21(24)25/h3-10H,2,11-12H2,1H3,(H,19,22)(H,20,23). The molecule has 0 radical (unpaired) electrons. The van der Waals surface area contributed by atoms with Crippen molar-refractivity contribution in [2.24, 2.45) is 0 Å². The van der Waals surface area contributed by atoms with Crippen LogP contribution in [0.15, 0.2) is 48.5 Å². The van der Waals surface area contributed by atoms with Crippen LogP contribution in [-0.2, 0) is 9.59 Å². The first kappa shape index (κ1) is 19.7. The highest BCUT2D eigenvalue weighted by Crippen LogP contribution is 2.25. The minimum atomic E-state index is -0.577. The van der Waals surface area contributed by atoms with Gasteiger partial charge in [-0.3, -0.25) is 19.7 Å². The number of carbonyl (C=O) groups excluding carboxylic acids is 2. The average molecular weight is 373 g/mol. The molecule has 2 aromatic rings. The largest absolute Gasteiger partial charge is 0.484 e. The Labute approximate surface area is 155 Å². The third kappa shape index (κ3) is 6.31. The summed E-state index contributed by atoms with van der Waals surface area (Å²) in [5, 5.41) is 16.1. The van der Waals surface area contributed by atoms with Crippen molar-refractivity contribution < 1.29 is 24.0 Å². The molecule has 142 valence electrons. The van der Waals surface area contributed by atoms with Gasteiger partial charge in [0.15, 0.2) is 19.0 Å². The van der Waals surface area contributed by atoms with E-state index in [4.69, 9.17) is 9.47 Å². The molecule has 2 N–H and O–H groups in total. The zero-order valence-corrected chi connectivity index (χ0v) is 14.6. The highest BCUT2D eigenvalue weighted by molar-refractivity contribution is 5.92. The Morgan fingerprint density at radius 3 is 2.33 bits per heavy atom. The topological polar surface area (TPSA) is 120 Å². The monoisotopic (exact) mass is 373 g/mol. The van der Waals surface area contributed by atoms with E-state index in [-0.39, 0.29) is 30.6 Å². The molecule has 0 unspecified atom stereocenters. The number of nitrogens with zero attached hydrogens (tertiary/aromatic N) is 1. The van der Waals surface area contributed by atoms with E-state index < -0.39 is 10.8 Å². The summed E-state index contributed by atoms with van der Waals surface area (Å²) in [4.78, 5) is 33.6. The van der Waals surface area contributed by atoms with Gasteiger partial charge in [0.2, 0.25) is 0 Å². The molecule has 2 amide bonds. The molecule has 0 aliphatic heterocycles. The van der Waals surface area contributed by atoms with Gasteiger partial charge in [-0.1, -0.05) is 12.1 Å². The zero-order chi connectivity index (χ0) is 19.6. The fourth-order valence-electron chi connectivity index (χ4n) is 2.10. The summed E-state index contributed by atoms with van der Waals surface area (Å²) in [6.07, 6.45) is 0. The van der Waals surface area contributed by atoms with E-state index in [9.17, 15) is 19.7 Å². The van der Waals surface area contributed by atoms with E-state index in [1.807, 2.05) is 6.92 Å². The van der Waals surface area contributed by atoms with Gasteiger partial charge in [0, 0.05) is 18.3 Å². The molecule has 0 aliphatic rings. The molecule has 2 rings (SSSR count). The summed E-state index contributed by atoms with van der Waals surface area (Å²) in [5.74, 6) is -0.187. The molecule has 0 aliphatic carbocycles. The van der Waals surface area contributed by atoms with Crippen LogP contribution in [0.25, 0.3) is 0 Å². The molecule has 0 saturated heterocycles. The SMILES string of the molecule is CCNC(=O)COc1ccc(NC(=O)COc2ccccc2[N+](=O)[O-])cc1. The Kier molecular flexibility index (Phi) is 7.12. The van der Waals surface area contributed by atoms with E-state index in [0.717, 1.165) is 0 Å². The molecule has 27 heavy (non-hydrogen) atoms. The summed E-state index contributed by atoms with van der Waals surface area (Å²) in [7, 11) is 0. The van der Waals surface area contributed by atoms with Crippen molar-refractivity contribution in [3.63, 3.8) is 0 Å². The molecule has 0 aromatic heterocycles. The Hall–Kier alpha value is -3.62. The number of rotatable bonds is 9. The Morgan fingerprint density at radius 2 is 1.67 bits per heavy atom. The van der Waals surface area contributed by atoms with Gasteiger partial charge >= 0.3 is 5.69 Å². The van der Waals surface area contributed by atoms with Crippen LogP contribution in [-0.4, -0.2) is 36.5 Å². The summed E-state index contributed by atoms with van der Waals surface area (Å²) >= 11 is 0. The lowest BCUT2D eigenvalue weighted by Crippen LogP contribution is -2.28. The van der Waals surface area contributed by atoms with Crippen molar-refractivity contribution in [2.75, 3.05) is 25.1 Å². The fourth-order valence-corrected chi connectivity index (χ4v) is 2.10. The second-order valence-corrected chi connectivity index (χ2v) is 5.33. The van der Waals surface area contributed by atoms with E-state index in [1.54, 1.807) is 30.3 Å². The number of ether oxygens (including phenoxy) is 2. The van der Waals surface area contributed by atoms with E-state index in [0.29, 0.717) is 18.0 Å². The summed E-state index contributed by atoms with van der Waals surface area (Å²) in [6, 6.07) is 12.3. The molecule has 0 heterocycles. The highest BCUT2D eigenvalue weighted by atomic mass is 16.6. The maximum Gasteiger partial charge on any atom is 0.310 e. The molecule has 2 aromatic carbocycles. The van der Waals surface area contributed by atoms with Gasteiger partial charge < -0.3 is 20.1 Å². The first-order valence-corrected chi connectivity index (χ1v) is 8.15. The van der Waals surface area contributed by atoms with Crippen LogP contribution in [0.3, 0.4) is 0 Å². The van der Waals surface area contributed by atoms with Crippen molar-refractivity contribution in [2.45, 2.75) is 6.92 Å². The van der Waals surface area contributed by atoms with Gasteiger partial charge in [-0.2, -0.15) is 0 Å². The van der Waals surface area contributed by atoms with Gasteiger partial charge in [0.25, 0.3) is 11.8 Å². The number of nitro groups is 1. The van der Waals surface area contributed by atoms with Crippen LogP contribution >= 0.6 is 0 Å². The fraction of sp³-hybridized carbons (Fsp3) is 0.222. The minimum Gasteiger partial charge on any atom is -0.484 e. The van der Waals surface area contributed by atoms with Gasteiger partial charge in [-0.15, -0.1) is 0 Å². The van der Waals surface area contributed by atoms with Gasteiger partial charge in [0.05, 0.1) is 4.92 Å². The predicted molar refractivity (Wildman–Crippen MR) is 97.8 cm³/mol. The molecule has 0 atom stereocenters. The van der Waals surface area contributed by atoms with E-state index in [2.05, 4.69) is 10.6 Å². The smallest absolute Gasteiger partial charge is 0.310 e. The lowest BCUT2D eigenvalue weighted by molar-refractivity contribution is -0.385. The highest BCUT2D eigenvalue weighted by Gasteiger charge is 2.15. The Morgan fingerprint density at radius 1 is 1.00 bits per heavy atom. The van der Waals surface area contributed by atoms with Crippen LogP contribution in [0, 0.1) is 10.1 Å². The number of hydrogen-bond acceptors (Lipinski definition) is 6. The van der Waals surface area contributed by atoms with Crippen LogP contribution in [0.2, 0.25) is 0 Å². The number of likely N-dealkylation sites (N-methyl/N-ethyl adjacent to an activating group) is 1. The molecular weight excluding hydrogens is 354 g/mol. The van der Waals surface area contributed by atoms with Crippen LogP contribution in [0.1, 0.15) is 6.92 Å². The second kappa shape index (κ2) is 9.76. The number of nitrogens with one attached hydrogen (secondary N) is 2. The number of para-hydroxylation sites is 2. The average Bonchev–Trinajstić information content (AvgIpc) is 2.66. The number of nitro benzene ring substituents is 1. The van der Waals surface area contributed by atoms with Crippen molar-refractivity contribution in [3.8, 4) is 11.5 Å². The molecule has 9 heteroatoms. The van der Waals surface area contributed by atoms with Crippen molar-refractivity contribution in [1.29, 1.82) is 0 Å².